The van der Waals surface area contributed by atoms with Crippen LogP contribution in [0.25, 0.3) is 0 Å². The molecule has 0 radical (unpaired) electrons. The molecule has 0 aromatic heterocycles. The molecule has 1 aliphatic carbocycles. The smallest absolute Gasteiger partial charge is 0.319 e. The van der Waals surface area contributed by atoms with Gasteiger partial charge < -0.3 is 10.6 Å². The van der Waals surface area contributed by atoms with E-state index in [1.165, 1.54) is 12.1 Å². The Morgan fingerprint density at radius 3 is 2.70 bits per heavy atom. The maximum atomic E-state index is 12.6. The molecule has 0 unspecified atom stereocenters. The van der Waals surface area contributed by atoms with Gasteiger partial charge in [0, 0.05) is 29.8 Å². The van der Waals surface area contributed by atoms with Crippen molar-refractivity contribution in [2.75, 3.05) is 0 Å². The lowest BCUT2D eigenvalue weighted by Crippen LogP contribution is -2.48. The molecule has 2 N–H and O–H groups in total. The number of ketones is 1. The number of hydrogen-bond acceptors (Lipinski definition) is 4. The fraction of sp³-hybridized carbons (Fsp3) is 0.375. The van der Waals surface area contributed by atoms with Crippen molar-refractivity contribution in [3.8, 4) is 0 Å². The first kappa shape index (κ1) is 15.2. The lowest BCUT2D eigenvalue weighted by atomic mass is 9.73. The average Bonchev–Trinajstić information content (AvgIpc) is 2.44. The molecule has 1 aliphatic heterocycles. The van der Waals surface area contributed by atoms with E-state index in [1.807, 2.05) is 13.8 Å². The second-order valence-electron chi connectivity index (χ2n) is 6.72. The highest BCUT2D eigenvalue weighted by Crippen LogP contribution is 2.41. The molecule has 1 aromatic rings. The summed E-state index contributed by atoms with van der Waals surface area (Å²) in [4.78, 5) is 35.0. The number of benzene rings is 1. The number of carbonyl (C=O) groups excluding carboxylic acids is 2. The Hall–Kier alpha value is -2.70. The van der Waals surface area contributed by atoms with Gasteiger partial charge in [-0.2, -0.15) is 0 Å². The molecule has 1 aromatic carbocycles. The number of Topliss-reactive ketones (excluding diaryl/α,β-unsaturated/α-hetero) is 1. The Balaban J connectivity index is 2.08. The van der Waals surface area contributed by atoms with E-state index in [-0.39, 0.29) is 16.9 Å². The summed E-state index contributed by atoms with van der Waals surface area (Å²) in [5, 5.41) is 16.4. The lowest BCUT2D eigenvalue weighted by Gasteiger charge is -2.38. The standard InChI is InChI=1S/C16H17N3O4/c1-16(2)7-11-13(12(20)8-16)14(18-15(21)17-11)9-4-3-5-10(6-9)19(22)23/h3-6,14H,7-8H2,1-2H3,(H2,17,18,21)/t14-/m0/s1. The quantitative estimate of drug-likeness (QED) is 0.647. The van der Waals surface area contributed by atoms with E-state index in [9.17, 15) is 19.7 Å². The van der Waals surface area contributed by atoms with E-state index in [1.54, 1.807) is 12.1 Å². The third-order valence-corrected chi connectivity index (χ3v) is 4.16. The van der Waals surface area contributed by atoms with Gasteiger partial charge in [0.25, 0.3) is 5.69 Å². The summed E-state index contributed by atoms with van der Waals surface area (Å²) in [5.74, 6) is -0.0414. The fourth-order valence-electron chi connectivity index (χ4n) is 3.23. The number of hydrogen-bond donors (Lipinski definition) is 2. The summed E-state index contributed by atoms with van der Waals surface area (Å²) in [6.45, 7) is 3.95. The van der Waals surface area contributed by atoms with E-state index in [4.69, 9.17) is 0 Å². The molecule has 7 heteroatoms. The number of rotatable bonds is 2. The second-order valence-corrected chi connectivity index (χ2v) is 6.72. The van der Waals surface area contributed by atoms with Crippen molar-refractivity contribution in [3.63, 3.8) is 0 Å². The highest BCUT2D eigenvalue weighted by molar-refractivity contribution is 6.01. The molecule has 1 atom stereocenters. The number of nitro groups is 1. The molecule has 2 amide bonds. The molecule has 0 spiro atoms. The van der Waals surface area contributed by atoms with Gasteiger partial charge in [-0.05, 0) is 17.4 Å². The summed E-state index contributed by atoms with van der Waals surface area (Å²) in [7, 11) is 0. The van der Waals surface area contributed by atoms with Crippen LogP contribution in [0.1, 0.15) is 38.3 Å². The molecule has 0 bridgehead atoms. The molecule has 0 fully saturated rings. The van der Waals surface area contributed by atoms with Crippen LogP contribution in [-0.2, 0) is 4.79 Å². The van der Waals surface area contributed by atoms with Crippen molar-refractivity contribution >= 4 is 17.5 Å². The lowest BCUT2D eigenvalue weighted by molar-refractivity contribution is -0.384. The normalized spacial score (nSPS) is 23.0. The first-order valence-electron chi connectivity index (χ1n) is 7.35. The van der Waals surface area contributed by atoms with Crippen molar-refractivity contribution in [1.82, 2.24) is 10.6 Å². The van der Waals surface area contributed by atoms with Crippen LogP contribution in [0.5, 0.6) is 0 Å². The van der Waals surface area contributed by atoms with Gasteiger partial charge in [0.15, 0.2) is 5.78 Å². The molecular formula is C16H17N3O4. The van der Waals surface area contributed by atoms with Gasteiger partial charge in [0.2, 0.25) is 0 Å². The molecule has 0 saturated heterocycles. The van der Waals surface area contributed by atoms with E-state index in [0.29, 0.717) is 29.7 Å². The van der Waals surface area contributed by atoms with Gasteiger partial charge in [0.05, 0.1) is 11.0 Å². The first-order chi connectivity index (χ1) is 10.8. The van der Waals surface area contributed by atoms with Crippen molar-refractivity contribution < 1.29 is 14.5 Å². The molecule has 2 aliphatic rings. The van der Waals surface area contributed by atoms with Gasteiger partial charge >= 0.3 is 6.03 Å². The average molecular weight is 315 g/mol. The zero-order chi connectivity index (χ0) is 16.8. The maximum Gasteiger partial charge on any atom is 0.319 e. The van der Waals surface area contributed by atoms with Crippen molar-refractivity contribution in [3.05, 3.63) is 51.2 Å². The van der Waals surface area contributed by atoms with Crippen molar-refractivity contribution in [2.45, 2.75) is 32.7 Å². The first-order valence-corrected chi connectivity index (χ1v) is 7.35. The van der Waals surface area contributed by atoms with Crippen LogP contribution in [0.2, 0.25) is 0 Å². The van der Waals surface area contributed by atoms with Crippen LogP contribution >= 0.6 is 0 Å². The van der Waals surface area contributed by atoms with E-state index in [2.05, 4.69) is 10.6 Å². The molecule has 3 rings (SSSR count). The van der Waals surface area contributed by atoms with Crippen LogP contribution in [0.3, 0.4) is 0 Å². The molecule has 0 saturated carbocycles. The number of nitro benzene ring substituents is 1. The number of carbonyl (C=O) groups is 2. The summed E-state index contributed by atoms with van der Waals surface area (Å²) >= 11 is 0. The van der Waals surface area contributed by atoms with Gasteiger partial charge in [-0.3, -0.25) is 14.9 Å². The molecule has 1 heterocycles. The minimum atomic E-state index is -0.651. The van der Waals surface area contributed by atoms with Crippen LogP contribution in [0, 0.1) is 15.5 Å². The predicted molar refractivity (Wildman–Crippen MR) is 82.6 cm³/mol. The Labute approximate surface area is 132 Å². The minimum absolute atomic E-state index is 0.0414. The summed E-state index contributed by atoms with van der Waals surface area (Å²) in [6, 6.07) is 4.97. The van der Waals surface area contributed by atoms with Gasteiger partial charge in [-0.15, -0.1) is 0 Å². The number of allylic oxidation sites excluding steroid dienone is 1. The van der Waals surface area contributed by atoms with Gasteiger partial charge in [-0.1, -0.05) is 26.0 Å². The topological polar surface area (TPSA) is 101 Å². The highest BCUT2D eigenvalue weighted by atomic mass is 16.6. The van der Waals surface area contributed by atoms with E-state index < -0.39 is 17.0 Å². The molecule has 7 nitrogen and oxygen atoms in total. The molecule has 120 valence electrons. The van der Waals surface area contributed by atoms with E-state index >= 15 is 0 Å². The summed E-state index contributed by atoms with van der Waals surface area (Å²) in [6.07, 6.45) is 0.974. The van der Waals surface area contributed by atoms with Crippen molar-refractivity contribution in [2.24, 2.45) is 5.41 Å². The third kappa shape index (κ3) is 2.81. The second kappa shape index (κ2) is 5.19. The number of nitrogens with one attached hydrogen (secondary N) is 2. The fourth-order valence-corrected chi connectivity index (χ4v) is 3.23. The van der Waals surface area contributed by atoms with Gasteiger partial charge in [0.1, 0.15) is 0 Å². The molecular weight excluding hydrogens is 298 g/mol. The van der Waals surface area contributed by atoms with Crippen LogP contribution in [-0.4, -0.2) is 16.7 Å². The van der Waals surface area contributed by atoms with Gasteiger partial charge in [-0.25, -0.2) is 4.79 Å². The van der Waals surface area contributed by atoms with Crippen LogP contribution in [0.4, 0.5) is 10.5 Å². The molecule has 23 heavy (non-hydrogen) atoms. The highest BCUT2D eigenvalue weighted by Gasteiger charge is 2.40. The largest absolute Gasteiger partial charge is 0.327 e. The predicted octanol–water partition coefficient (Wildman–Crippen LogP) is 2.59. The Bertz CT molecular complexity index is 751. The maximum absolute atomic E-state index is 12.6. The Morgan fingerprint density at radius 2 is 2.00 bits per heavy atom. The van der Waals surface area contributed by atoms with Crippen LogP contribution in [0.15, 0.2) is 35.5 Å². The SMILES string of the molecule is CC1(C)CC(=O)C2=C(C1)NC(=O)N[C@H]2c1cccc([N+](=O)[O-])c1. The minimum Gasteiger partial charge on any atom is -0.327 e. The van der Waals surface area contributed by atoms with E-state index in [0.717, 1.165) is 0 Å². The zero-order valence-corrected chi connectivity index (χ0v) is 12.9. The summed E-state index contributed by atoms with van der Waals surface area (Å²) in [5.41, 5.74) is 1.37. The Morgan fingerprint density at radius 1 is 1.26 bits per heavy atom. The zero-order valence-electron chi connectivity index (χ0n) is 12.9. The number of non-ortho nitro benzene ring substituents is 1. The monoisotopic (exact) mass is 315 g/mol. The number of nitrogens with zero attached hydrogens (tertiary/aromatic N) is 1. The van der Waals surface area contributed by atoms with Crippen LogP contribution < -0.4 is 10.6 Å². The third-order valence-electron chi connectivity index (χ3n) is 4.16. The number of amides is 2. The Kier molecular flexibility index (Phi) is 3.43. The van der Waals surface area contributed by atoms with Crippen molar-refractivity contribution in [1.29, 1.82) is 0 Å². The summed E-state index contributed by atoms with van der Waals surface area (Å²) < 4.78 is 0. The number of urea groups is 1.